The third kappa shape index (κ3) is 4.50. The van der Waals surface area contributed by atoms with Gasteiger partial charge in [0.2, 0.25) is 0 Å². The monoisotopic (exact) mass is 285 g/mol. The standard InChI is InChI=1S/C12H16ClN3O3/c1-8(7-15(2)3)14-12(17)10-6-9(16(18)19)4-5-11(10)13/h4-6,8H,7H2,1-3H3,(H,14,17). The number of nitrogens with zero attached hydrogens (tertiary/aromatic N) is 2. The molecule has 0 radical (unpaired) electrons. The zero-order chi connectivity index (χ0) is 14.6. The van der Waals surface area contributed by atoms with Gasteiger partial charge >= 0.3 is 0 Å². The van der Waals surface area contributed by atoms with E-state index in [0.29, 0.717) is 6.54 Å². The molecule has 0 saturated heterocycles. The van der Waals surface area contributed by atoms with Crippen LogP contribution in [0.2, 0.25) is 5.02 Å². The number of benzene rings is 1. The molecule has 0 bridgehead atoms. The average molecular weight is 286 g/mol. The first-order chi connectivity index (χ1) is 8.81. The number of carbonyl (C=O) groups excluding carboxylic acids is 1. The van der Waals surface area contributed by atoms with Crippen molar-refractivity contribution in [2.75, 3.05) is 20.6 Å². The SMILES string of the molecule is CC(CN(C)C)NC(=O)c1cc([N+](=O)[O-])ccc1Cl. The maximum atomic E-state index is 12.0. The Balaban J connectivity index is 2.87. The lowest BCUT2D eigenvalue weighted by molar-refractivity contribution is -0.384. The number of hydrogen-bond acceptors (Lipinski definition) is 4. The van der Waals surface area contributed by atoms with Gasteiger partial charge in [0, 0.05) is 24.7 Å². The van der Waals surface area contributed by atoms with Crippen LogP contribution < -0.4 is 5.32 Å². The van der Waals surface area contributed by atoms with Gasteiger partial charge in [-0.15, -0.1) is 0 Å². The number of non-ortho nitro benzene ring substituents is 1. The van der Waals surface area contributed by atoms with Gasteiger partial charge in [-0.25, -0.2) is 0 Å². The molecule has 1 amide bonds. The van der Waals surface area contributed by atoms with Gasteiger partial charge < -0.3 is 10.2 Å². The number of nitro groups is 1. The fourth-order valence-corrected chi connectivity index (χ4v) is 1.90. The van der Waals surface area contributed by atoms with Crippen LogP contribution in [0.5, 0.6) is 0 Å². The first-order valence-corrected chi connectivity index (χ1v) is 6.08. The van der Waals surface area contributed by atoms with Crippen LogP contribution in [0, 0.1) is 10.1 Å². The number of hydrogen-bond donors (Lipinski definition) is 1. The third-order valence-corrected chi connectivity index (χ3v) is 2.75. The molecule has 1 atom stereocenters. The summed E-state index contributed by atoms with van der Waals surface area (Å²) in [6.07, 6.45) is 0. The molecule has 0 aromatic heterocycles. The summed E-state index contributed by atoms with van der Waals surface area (Å²) in [5, 5.41) is 13.6. The van der Waals surface area contributed by atoms with Crippen LogP contribution in [0.3, 0.4) is 0 Å². The molecule has 19 heavy (non-hydrogen) atoms. The van der Waals surface area contributed by atoms with E-state index in [2.05, 4.69) is 5.32 Å². The predicted octanol–water partition coefficient (Wildman–Crippen LogP) is 1.93. The van der Waals surface area contributed by atoms with Crippen LogP contribution in [0.1, 0.15) is 17.3 Å². The number of rotatable bonds is 5. The van der Waals surface area contributed by atoms with Crippen LogP contribution in [0.15, 0.2) is 18.2 Å². The van der Waals surface area contributed by atoms with Gasteiger partial charge in [-0.1, -0.05) is 11.6 Å². The van der Waals surface area contributed by atoms with Gasteiger partial charge in [0.15, 0.2) is 0 Å². The van der Waals surface area contributed by atoms with E-state index in [9.17, 15) is 14.9 Å². The Morgan fingerprint density at radius 3 is 2.68 bits per heavy atom. The Bertz CT molecular complexity index is 491. The highest BCUT2D eigenvalue weighted by Gasteiger charge is 2.17. The Kier molecular flexibility index (Phi) is 5.26. The van der Waals surface area contributed by atoms with Gasteiger partial charge in [0.25, 0.3) is 11.6 Å². The molecular weight excluding hydrogens is 270 g/mol. The van der Waals surface area contributed by atoms with Crippen molar-refractivity contribution in [3.05, 3.63) is 38.9 Å². The first-order valence-electron chi connectivity index (χ1n) is 5.70. The molecule has 0 saturated carbocycles. The van der Waals surface area contributed by atoms with Crippen LogP contribution in [0.25, 0.3) is 0 Å². The number of nitro benzene ring substituents is 1. The van der Waals surface area contributed by atoms with Crippen LogP contribution in [-0.4, -0.2) is 42.4 Å². The van der Waals surface area contributed by atoms with Gasteiger partial charge in [0.1, 0.15) is 0 Å². The fraction of sp³-hybridized carbons (Fsp3) is 0.417. The normalized spacial score (nSPS) is 12.3. The predicted molar refractivity (Wildman–Crippen MR) is 73.6 cm³/mol. The van der Waals surface area contributed by atoms with E-state index >= 15 is 0 Å². The van der Waals surface area contributed by atoms with Gasteiger partial charge in [-0.05, 0) is 27.1 Å². The molecule has 0 fully saturated rings. The molecule has 104 valence electrons. The van der Waals surface area contributed by atoms with Gasteiger partial charge in [0.05, 0.1) is 15.5 Å². The molecule has 0 aliphatic heterocycles. The van der Waals surface area contributed by atoms with Crippen molar-refractivity contribution < 1.29 is 9.72 Å². The van der Waals surface area contributed by atoms with Crippen LogP contribution >= 0.6 is 11.6 Å². The summed E-state index contributed by atoms with van der Waals surface area (Å²) in [6.45, 7) is 2.52. The van der Waals surface area contributed by atoms with Crippen LogP contribution in [0.4, 0.5) is 5.69 Å². The Morgan fingerprint density at radius 1 is 1.53 bits per heavy atom. The molecule has 0 spiro atoms. The molecule has 0 aliphatic rings. The molecule has 1 unspecified atom stereocenters. The molecule has 1 aromatic rings. The van der Waals surface area contributed by atoms with E-state index in [0.717, 1.165) is 0 Å². The smallest absolute Gasteiger partial charge is 0.270 e. The highest BCUT2D eigenvalue weighted by Crippen LogP contribution is 2.22. The van der Waals surface area contributed by atoms with Crippen molar-refractivity contribution in [2.45, 2.75) is 13.0 Å². The Morgan fingerprint density at radius 2 is 2.16 bits per heavy atom. The maximum Gasteiger partial charge on any atom is 0.270 e. The second kappa shape index (κ2) is 6.49. The second-order valence-electron chi connectivity index (χ2n) is 4.56. The Hall–Kier alpha value is -1.66. The van der Waals surface area contributed by atoms with Crippen molar-refractivity contribution in [1.29, 1.82) is 0 Å². The summed E-state index contributed by atoms with van der Waals surface area (Å²) in [4.78, 5) is 24.0. The largest absolute Gasteiger partial charge is 0.348 e. The summed E-state index contributed by atoms with van der Waals surface area (Å²) in [5.41, 5.74) is -0.0451. The summed E-state index contributed by atoms with van der Waals surface area (Å²) in [7, 11) is 3.78. The maximum absolute atomic E-state index is 12.0. The highest BCUT2D eigenvalue weighted by molar-refractivity contribution is 6.33. The van der Waals surface area contributed by atoms with Crippen molar-refractivity contribution in [2.24, 2.45) is 0 Å². The highest BCUT2D eigenvalue weighted by atomic mass is 35.5. The van der Waals surface area contributed by atoms with Gasteiger partial charge in [-0.3, -0.25) is 14.9 Å². The molecule has 0 heterocycles. The summed E-state index contributed by atoms with van der Waals surface area (Å²) < 4.78 is 0. The van der Waals surface area contributed by atoms with Crippen molar-refractivity contribution >= 4 is 23.2 Å². The number of carbonyl (C=O) groups is 1. The molecular formula is C12H16ClN3O3. The molecule has 1 aromatic carbocycles. The summed E-state index contributed by atoms with van der Waals surface area (Å²) >= 11 is 5.89. The minimum Gasteiger partial charge on any atom is -0.348 e. The molecule has 1 N–H and O–H groups in total. The second-order valence-corrected chi connectivity index (χ2v) is 4.97. The van der Waals surface area contributed by atoms with E-state index in [1.54, 1.807) is 0 Å². The lowest BCUT2D eigenvalue weighted by atomic mass is 10.1. The minimum absolute atomic E-state index is 0.0853. The first kappa shape index (κ1) is 15.4. The van der Waals surface area contributed by atoms with Crippen molar-refractivity contribution in [3.63, 3.8) is 0 Å². The quantitative estimate of drug-likeness (QED) is 0.662. The van der Waals surface area contributed by atoms with E-state index in [4.69, 9.17) is 11.6 Å². The number of amides is 1. The topological polar surface area (TPSA) is 75.5 Å². The molecule has 0 aliphatic carbocycles. The average Bonchev–Trinajstić information content (AvgIpc) is 2.27. The van der Waals surface area contributed by atoms with E-state index in [1.807, 2.05) is 25.9 Å². The zero-order valence-corrected chi connectivity index (χ0v) is 11.8. The number of nitrogens with one attached hydrogen (secondary N) is 1. The zero-order valence-electron chi connectivity index (χ0n) is 11.0. The summed E-state index contributed by atoms with van der Waals surface area (Å²) in [5.74, 6) is -0.414. The molecule has 6 nitrogen and oxygen atoms in total. The van der Waals surface area contributed by atoms with Gasteiger partial charge in [-0.2, -0.15) is 0 Å². The van der Waals surface area contributed by atoms with E-state index < -0.39 is 10.8 Å². The number of likely N-dealkylation sites (N-methyl/N-ethyl adjacent to an activating group) is 1. The lowest BCUT2D eigenvalue weighted by Gasteiger charge is -2.18. The number of halogens is 1. The third-order valence-electron chi connectivity index (χ3n) is 2.42. The minimum atomic E-state index is -0.559. The van der Waals surface area contributed by atoms with Crippen LogP contribution in [-0.2, 0) is 0 Å². The Labute approximate surface area is 116 Å². The lowest BCUT2D eigenvalue weighted by Crippen LogP contribution is -2.39. The fourth-order valence-electron chi connectivity index (χ4n) is 1.70. The summed E-state index contributed by atoms with van der Waals surface area (Å²) in [6, 6.07) is 3.71. The van der Waals surface area contributed by atoms with Crippen molar-refractivity contribution in [1.82, 2.24) is 10.2 Å². The molecule has 1 rings (SSSR count). The van der Waals surface area contributed by atoms with E-state index in [-0.39, 0.29) is 22.3 Å². The van der Waals surface area contributed by atoms with E-state index in [1.165, 1.54) is 18.2 Å². The van der Waals surface area contributed by atoms with Crippen molar-refractivity contribution in [3.8, 4) is 0 Å². The molecule has 7 heteroatoms.